The van der Waals surface area contributed by atoms with Crippen LogP contribution in [0.4, 0.5) is 0 Å². The first kappa shape index (κ1) is 29.3. The van der Waals surface area contributed by atoms with E-state index in [4.69, 9.17) is 18.6 Å². The Morgan fingerprint density at radius 1 is 0.707 bits per heavy atom. The average Bonchev–Trinajstić information content (AvgIpc) is 2.88. The van der Waals surface area contributed by atoms with Crippen LogP contribution in [-0.2, 0) is 20.8 Å². The molecule has 0 atom stereocenters. The Labute approximate surface area is 237 Å². The van der Waals surface area contributed by atoms with Crippen LogP contribution < -0.4 is 19.8 Å². The highest BCUT2D eigenvalue weighted by Crippen LogP contribution is 2.43. The van der Waals surface area contributed by atoms with Crippen LogP contribution in [-0.4, -0.2) is 17.9 Å². The Bertz CT molecular complexity index is 1770. The third kappa shape index (κ3) is 5.77. The van der Waals surface area contributed by atoms with Crippen molar-refractivity contribution in [3.05, 3.63) is 74.6 Å². The number of fused-ring (bicyclic) bond motifs is 1. The molecule has 0 radical (unpaired) electrons. The Morgan fingerprint density at radius 2 is 1.27 bits per heavy atom. The second kappa shape index (κ2) is 11.4. The van der Waals surface area contributed by atoms with Crippen molar-refractivity contribution >= 4 is 28.9 Å². The Morgan fingerprint density at radius 3 is 1.80 bits per heavy atom. The molecule has 1 heterocycles. The van der Waals surface area contributed by atoms with E-state index < -0.39 is 23.5 Å². The van der Waals surface area contributed by atoms with E-state index in [-0.39, 0.29) is 0 Å². The zero-order valence-corrected chi connectivity index (χ0v) is 24.4. The highest BCUT2D eigenvalue weighted by molar-refractivity contribution is 6.03. The van der Waals surface area contributed by atoms with Crippen LogP contribution in [0.1, 0.15) is 55.5 Å². The molecule has 0 saturated heterocycles. The standard InChI is InChI=1S/C33H32O8/c1-9-23-15-26-28(24-10-11-27(16(2)12-24)38-20(6)34)29(25-13-17(3)30(18(4)14-25)39-21(7)35)33(37)41-32(26)19(5)31(23)40-22(8)36/h10-15H,9H2,1-8H3. The summed E-state index contributed by atoms with van der Waals surface area (Å²) in [7, 11) is 0. The Hall–Kier alpha value is -4.72. The summed E-state index contributed by atoms with van der Waals surface area (Å²) in [4.78, 5) is 49.0. The van der Waals surface area contributed by atoms with E-state index in [1.54, 1.807) is 45.0 Å². The van der Waals surface area contributed by atoms with E-state index in [0.717, 1.165) is 5.56 Å². The normalized spacial score (nSPS) is 10.9. The molecule has 0 aliphatic heterocycles. The molecule has 3 aromatic carbocycles. The van der Waals surface area contributed by atoms with Gasteiger partial charge in [0, 0.05) is 37.3 Å². The van der Waals surface area contributed by atoms with Gasteiger partial charge in [-0.25, -0.2) is 4.79 Å². The summed E-state index contributed by atoms with van der Waals surface area (Å²) in [5, 5.41) is 0.656. The largest absolute Gasteiger partial charge is 0.426 e. The van der Waals surface area contributed by atoms with E-state index >= 15 is 0 Å². The van der Waals surface area contributed by atoms with Gasteiger partial charge in [0.25, 0.3) is 0 Å². The molecule has 0 aliphatic carbocycles. The van der Waals surface area contributed by atoms with Gasteiger partial charge < -0.3 is 18.6 Å². The van der Waals surface area contributed by atoms with E-state index in [1.165, 1.54) is 20.8 Å². The summed E-state index contributed by atoms with van der Waals surface area (Å²) in [6, 6.07) is 10.8. The maximum absolute atomic E-state index is 13.8. The third-order valence-corrected chi connectivity index (χ3v) is 6.79. The second-order valence-electron chi connectivity index (χ2n) is 10.1. The summed E-state index contributed by atoms with van der Waals surface area (Å²) >= 11 is 0. The van der Waals surface area contributed by atoms with Gasteiger partial charge in [-0.15, -0.1) is 0 Å². The van der Waals surface area contributed by atoms with Gasteiger partial charge in [-0.2, -0.15) is 0 Å². The summed E-state index contributed by atoms with van der Waals surface area (Å²) in [5.74, 6) is -0.138. The average molecular weight is 557 g/mol. The van der Waals surface area contributed by atoms with Crippen LogP contribution in [0.2, 0.25) is 0 Å². The van der Waals surface area contributed by atoms with Gasteiger partial charge in [-0.1, -0.05) is 13.0 Å². The molecule has 0 N–H and O–H groups in total. The number of esters is 3. The molecule has 8 heteroatoms. The molecule has 0 amide bonds. The van der Waals surface area contributed by atoms with Crippen molar-refractivity contribution in [3.8, 4) is 39.5 Å². The minimum Gasteiger partial charge on any atom is -0.426 e. The quantitative estimate of drug-likeness (QED) is 0.147. The molecule has 0 fully saturated rings. The van der Waals surface area contributed by atoms with Crippen LogP contribution in [0.15, 0.2) is 45.6 Å². The van der Waals surface area contributed by atoms with Crippen LogP contribution in [0.5, 0.6) is 17.2 Å². The number of rotatable bonds is 6. The lowest BCUT2D eigenvalue weighted by Crippen LogP contribution is -2.11. The first-order chi connectivity index (χ1) is 19.3. The molecule has 212 valence electrons. The van der Waals surface area contributed by atoms with Gasteiger partial charge in [-0.05, 0) is 97.8 Å². The lowest BCUT2D eigenvalue weighted by atomic mass is 9.89. The predicted molar refractivity (Wildman–Crippen MR) is 156 cm³/mol. The van der Waals surface area contributed by atoms with Crippen LogP contribution in [0.3, 0.4) is 0 Å². The molecule has 0 bridgehead atoms. The Balaban J connectivity index is 2.14. The monoisotopic (exact) mass is 556 g/mol. The van der Waals surface area contributed by atoms with Crippen molar-refractivity contribution in [3.63, 3.8) is 0 Å². The summed E-state index contributed by atoms with van der Waals surface area (Å²) in [6.45, 7) is 13.1. The van der Waals surface area contributed by atoms with E-state index in [2.05, 4.69) is 0 Å². The molecular weight excluding hydrogens is 524 g/mol. The lowest BCUT2D eigenvalue weighted by molar-refractivity contribution is -0.132. The highest BCUT2D eigenvalue weighted by atomic mass is 16.5. The number of ether oxygens (including phenoxy) is 3. The van der Waals surface area contributed by atoms with Gasteiger partial charge in [0.1, 0.15) is 22.8 Å². The second-order valence-corrected chi connectivity index (χ2v) is 10.1. The van der Waals surface area contributed by atoms with E-state index in [0.29, 0.717) is 79.1 Å². The summed E-state index contributed by atoms with van der Waals surface area (Å²) < 4.78 is 22.2. The van der Waals surface area contributed by atoms with Crippen molar-refractivity contribution in [2.24, 2.45) is 0 Å². The molecule has 0 aliphatic rings. The zero-order chi connectivity index (χ0) is 30.2. The highest BCUT2D eigenvalue weighted by Gasteiger charge is 2.24. The molecule has 0 saturated carbocycles. The molecule has 8 nitrogen and oxygen atoms in total. The number of benzene rings is 3. The van der Waals surface area contributed by atoms with Gasteiger partial charge >= 0.3 is 23.5 Å². The van der Waals surface area contributed by atoms with Crippen LogP contribution >= 0.6 is 0 Å². The van der Waals surface area contributed by atoms with Crippen molar-refractivity contribution in [1.82, 2.24) is 0 Å². The minimum atomic E-state index is -0.589. The van der Waals surface area contributed by atoms with Gasteiger partial charge in [-0.3, -0.25) is 14.4 Å². The molecule has 0 spiro atoms. The molecule has 41 heavy (non-hydrogen) atoms. The fourth-order valence-corrected chi connectivity index (χ4v) is 5.13. The number of hydrogen-bond donors (Lipinski definition) is 0. The van der Waals surface area contributed by atoms with Crippen LogP contribution in [0, 0.1) is 27.7 Å². The van der Waals surface area contributed by atoms with E-state index in [9.17, 15) is 19.2 Å². The first-order valence-electron chi connectivity index (χ1n) is 13.2. The number of carbonyl (C=O) groups excluding carboxylic acids is 3. The molecule has 4 rings (SSSR count). The third-order valence-electron chi connectivity index (χ3n) is 6.79. The van der Waals surface area contributed by atoms with Gasteiger partial charge in [0.05, 0.1) is 5.56 Å². The molecule has 1 aromatic heterocycles. The predicted octanol–water partition coefficient (Wildman–Crippen LogP) is 6.70. The maximum Gasteiger partial charge on any atom is 0.344 e. The molecule has 4 aromatic rings. The number of hydrogen-bond acceptors (Lipinski definition) is 8. The number of carbonyl (C=O) groups is 3. The van der Waals surface area contributed by atoms with E-state index in [1.807, 2.05) is 26.0 Å². The SMILES string of the molecule is CCc1cc2c(-c3ccc(OC(C)=O)c(C)c3)c(-c3cc(C)c(OC(C)=O)c(C)c3)c(=O)oc2c(C)c1OC(C)=O. The van der Waals surface area contributed by atoms with Crippen molar-refractivity contribution in [1.29, 1.82) is 0 Å². The molecular formula is C33H32O8. The molecule has 0 unspecified atom stereocenters. The van der Waals surface area contributed by atoms with Crippen molar-refractivity contribution in [2.45, 2.75) is 61.8 Å². The smallest absolute Gasteiger partial charge is 0.344 e. The summed E-state index contributed by atoms with van der Waals surface area (Å²) in [6.07, 6.45) is 0.563. The van der Waals surface area contributed by atoms with Gasteiger partial charge in [0.2, 0.25) is 0 Å². The number of aryl methyl sites for hydroxylation is 5. The zero-order valence-electron chi connectivity index (χ0n) is 24.4. The fourth-order valence-electron chi connectivity index (χ4n) is 5.13. The van der Waals surface area contributed by atoms with Crippen LogP contribution in [0.25, 0.3) is 33.2 Å². The minimum absolute atomic E-state index is 0.300. The van der Waals surface area contributed by atoms with Gasteiger partial charge in [0.15, 0.2) is 0 Å². The topological polar surface area (TPSA) is 109 Å². The summed E-state index contributed by atoms with van der Waals surface area (Å²) in [5.41, 5.74) is 5.29. The fraction of sp³-hybridized carbons (Fsp3) is 0.273. The van der Waals surface area contributed by atoms with Crippen molar-refractivity contribution < 1.29 is 33.0 Å². The first-order valence-corrected chi connectivity index (χ1v) is 13.2. The van der Waals surface area contributed by atoms with Crippen molar-refractivity contribution in [2.75, 3.05) is 0 Å². The lowest BCUT2D eigenvalue weighted by Gasteiger charge is -2.19. The maximum atomic E-state index is 13.8. The Kier molecular flexibility index (Phi) is 8.14.